The van der Waals surface area contributed by atoms with E-state index < -0.39 is 0 Å². The molecule has 2 aliphatic rings. The van der Waals surface area contributed by atoms with Crippen LogP contribution in [-0.2, 0) is 0 Å². The lowest BCUT2D eigenvalue weighted by molar-refractivity contribution is 0.270. The molecule has 1 N–H and O–H groups in total. The average Bonchev–Trinajstić information content (AvgIpc) is 3.33. The van der Waals surface area contributed by atoms with Crippen molar-refractivity contribution in [2.75, 3.05) is 19.6 Å². The van der Waals surface area contributed by atoms with Crippen LogP contribution in [0.15, 0.2) is 24.3 Å². The minimum absolute atomic E-state index is 0.519. The van der Waals surface area contributed by atoms with Gasteiger partial charge in [0.2, 0.25) is 0 Å². The van der Waals surface area contributed by atoms with E-state index in [1.54, 1.807) is 0 Å². The Morgan fingerprint density at radius 1 is 1.20 bits per heavy atom. The highest BCUT2D eigenvalue weighted by Gasteiger charge is 2.32. The zero-order valence-electron chi connectivity index (χ0n) is 12.3. The minimum atomic E-state index is 0.519. The first kappa shape index (κ1) is 14.4. The van der Waals surface area contributed by atoms with E-state index in [0.717, 1.165) is 23.5 Å². The van der Waals surface area contributed by atoms with Crippen LogP contribution in [0, 0.1) is 5.92 Å². The van der Waals surface area contributed by atoms with Crippen LogP contribution in [0.3, 0.4) is 0 Å². The van der Waals surface area contributed by atoms with E-state index in [2.05, 4.69) is 29.3 Å². The smallest absolute Gasteiger partial charge is 0.0406 e. The summed E-state index contributed by atoms with van der Waals surface area (Å²) in [6.45, 7) is 5.73. The first-order chi connectivity index (χ1) is 9.78. The zero-order chi connectivity index (χ0) is 13.9. The summed E-state index contributed by atoms with van der Waals surface area (Å²) in [6.07, 6.45) is 5.52. The Kier molecular flexibility index (Phi) is 4.65. The molecule has 110 valence electrons. The van der Waals surface area contributed by atoms with Crippen molar-refractivity contribution in [3.8, 4) is 0 Å². The number of nitrogens with one attached hydrogen (secondary N) is 1. The topological polar surface area (TPSA) is 15.3 Å². The molecule has 1 aromatic carbocycles. The van der Waals surface area contributed by atoms with Crippen molar-refractivity contribution in [2.45, 2.75) is 44.7 Å². The van der Waals surface area contributed by atoms with Gasteiger partial charge in [0, 0.05) is 30.2 Å². The van der Waals surface area contributed by atoms with Gasteiger partial charge in [0.15, 0.2) is 0 Å². The molecule has 0 saturated heterocycles. The lowest BCUT2D eigenvalue weighted by atomic mass is 10.0. The van der Waals surface area contributed by atoms with Crippen LogP contribution < -0.4 is 5.32 Å². The summed E-state index contributed by atoms with van der Waals surface area (Å²) >= 11 is 5.99. The Morgan fingerprint density at radius 3 is 2.45 bits per heavy atom. The SMILES string of the molecule is CCN(CCNC(c1ccc(Cl)cc1)C1CC1)C1CC1. The van der Waals surface area contributed by atoms with E-state index in [0.29, 0.717) is 6.04 Å². The number of likely N-dealkylation sites (N-methyl/N-ethyl adjacent to an activating group) is 1. The van der Waals surface area contributed by atoms with Crippen molar-refractivity contribution >= 4 is 11.6 Å². The van der Waals surface area contributed by atoms with Crippen molar-refractivity contribution in [1.82, 2.24) is 10.2 Å². The average molecular weight is 293 g/mol. The molecule has 0 amide bonds. The van der Waals surface area contributed by atoms with Gasteiger partial charge in [0.1, 0.15) is 0 Å². The second kappa shape index (κ2) is 6.46. The van der Waals surface area contributed by atoms with Crippen LogP contribution in [0.2, 0.25) is 5.02 Å². The van der Waals surface area contributed by atoms with Gasteiger partial charge in [-0.3, -0.25) is 4.90 Å². The van der Waals surface area contributed by atoms with Crippen LogP contribution in [0.1, 0.15) is 44.2 Å². The summed E-state index contributed by atoms with van der Waals surface area (Å²) in [5.74, 6) is 0.826. The molecule has 0 aromatic heterocycles. The number of rotatable bonds is 8. The number of benzene rings is 1. The molecule has 0 radical (unpaired) electrons. The maximum Gasteiger partial charge on any atom is 0.0406 e. The standard InChI is InChI=1S/C17H25ClN2/c1-2-20(16-9-10-16)12-11-19-17(13-3-4-13)14-5-7-15(18)8-6-14/h5-8,13,16-17,19H,2-4,9-12H2,1H3. The quantitative estimate of drug-likeness (QED) is 0.782. The Labute approximate surface area is 127 Å². The van der Waals surface area contributed by atoms with E-state index in [1.807, 2.05) is 12.1 Å². The molecule has 2 fully saturated rings. The first-order valence-corrected chi connectivity index (χ1v) is 8.38. The third kappa shape index (κ3) is 3.75. The molecule has 1 atom stereocenters. The van der Waals surface area contributed by atoms with E-state index >= 15 is 0 Å². The van der Waals surface area contributed by atoms with Gasteiger partial charge in [-0.1, -0.05) is 30.7 Å². The third-order valence-corrected chi connectivity index (χ3v) is 4.81. The van der Waals surface area contributed by atoms with Gasteiger partial charge in [0.05, 0.1) is 0 Å². The molecular weight excluding hydrogens is 268 g/mol. The molecule has 0 aliphatic heterocycles. The lowest BCUT2D eigenvalue weighted by Gasteiger charge is -2.23. The molecule has 20 heavy (non-hydrogen) atoms. The van der Waals surface area contributed by atoms with Gasteiger partial charge in [-0.15, -0.1) is 0 Å². The maximum atomic E-state index is 5.99. The summed E-state index contributed by atoms with van der Waals surface area (Å²) in [4.78, 5) is 2.61. The number of hydrogen-bond acceptors (Lipinski definition) is 2. The number of nitrogens with zero attached hydrogens (tertiary/aromatic N) is 1. The molecular formula is C17H25ClN2. The van der Waals surface area contributed by atoms with Crippen molar-refractivity contribution in [3.63, 3.8) is 0 Å². The largest absolute Gasteiger partial charge is 0.308 e. The fourth-order valence-corrected chi connectivity index (χ4v) is 3.18. The Balaban J connectivity index is 1.53. The monoisotopic (exact) mass is 292 g/mol. The van der Waals surface area contributed by atoms with Crippen molar-refractivity contribution in [1.29, 1.82) is 0 Å². The zero-order valence-corrected chi connectivity index (χ0v) is 13.1. The van der Waals surface area contributed by atoms with Gasteiger partial charge in [-0.25, -0.2) is 0 Å². The minimum Gasteiger partial charge on any atom is -0.308 e. The third-order valence-electron chi connectivity index (χ3n) is 4.56. The fourth-order valence-electron chi connectivity index (χ4n) is 3.06. The first-order valence-electron chi connectivity index (χ1n) is 8.01. The molecule has 0 bridgehead atoms. The second-order valence-corrected chi connectivity index (χ2v) is 6.62. The van der Waals surface area contributed by atoms with Crippen LogP contribution >= 0.6 is 11.6 Å². The predicted octanol–water partition coefficient (Wildman–Crippen LogP) is 3.87. The van der Waals surface area contributed by atoms with Crippen LogP contribution in [0.5, 0.6) is 0 Å². The van der Waals surface area contributed by atoms with Crippen LogP contribution in [0.25, 0.3) is 0 Å². The number of halogens is 1. The fraction of sp³-hybridized carbons (Fsp3) is 0.647. The highest BCUT2D eigenvalue weighted by molar-refractivity contribution is 6.30. The highest BCUT2D eigenvalue weighted by atomic mass is 35.5. The Hall–Kier alpha value is -0.570. The summed E-state index contributed by atoms with van der Waals surface area (Å²) in [5.41, 5.74) is 1.39. The van der Waals surface area contributed by atoms with Crippen LogP contribution in [0.4, 0.5) is 0 Å². The van der Waals surface area contributed by atoms with Gasteiger partial charge in [-0.2, -0.15) is 0 Å². The summed E-state index contributed by atoms with van der Waals surface area (Å²) in [5, 5.41) is 4.61. The van der Waals surface area contributed by atoms with Crippen molar-refractivity contribution in [2.24, 2.45) is 5.92 Å². The molecule has 3 rings (SSSR count). The molecule has 2 nitrogen and oxygen atoms in total. The molecule has 2 aliphatic carbocycles. The van der Waals surface area contributed by atoms with E-state index in [4.69, 9.17) is 11.6 Å². The maximum absolute atomic E-state index is 5.99. The van der Waals surface area contributed by atoms with E-state index in [9.17, 15) is 0 Å². The molecule has 1 aromatic rings. The summed E-state index contributed by atoms with van der Waals surface area (Å²) in [6, 6.07) is 9.77. The summed E-state index contributed by atoms with van der Waals surface area (Å²) < 4.78 is 0. The van der Waals surface area contributed by atoms with E-state index in [-0.39, 0.29) is 0 Å². The normalized spacial score (nSPS) is 20.4. The predicted molar refractivity (Wildman–Crippen MR) is 85.2 cm³/mol. The van der Waals surface area contributed by atoms with Gasteiger partial charge >= 0.3 is 0 Å². The van der Waals surface area contributed by atoms with E-state index in [1.165, 1.54) is 44.3 Å². The molecule has 3 heteroatoms. The molecule has 1 unspecified atom stereocenters. The van der Waals surface area contributed by atoms with Gasteiger partial charge in [0.25, 0.3) is 0 Å². The lowest BCUT2D eigenvalue weighted by Crippen LogP contribution is -2.35. The molecule has 2 saturated carbocycles. The Bertz CT molecular complexity index is 423. The van der Waals surface area contributed by atoms with Crippen LogP contribution in [-0.4, -0.2) is 30.6 Å². The van der Waals surface area contributed by atoms with Gasteiger partial charge < -0.3 is 5.32 Å². The molecule has 0 spiro atoms. The van der Waals surface area contributed by atoms with Crippen molar-refractivity contribution < 1.29 is 0 Å². The van der Waals surface area contributed by atoms with Gasteiger partial charge in [-0.05, 0) is 55.8 Å². The second-order valence-electron chi connectivity index (χ2n) is 6.18. The highest BCUT2D eigenvalue weighted by Crippen LogP contribution is 2.41. The molecule has 0 heterocycles. The Morgan fingerprint density at radius 2 is 1.90 bits per heavy atom. The van der Waals surface area contributed by atoms with Crippen molar-refractivity contribution in [3.05, 3.63) is 34.9 Å². The number of hydrogen-bond donors (Lipinski definition) is 1. The summed E-state index contributed by atoms with van der Waals surface area (Å²) in [7, 11) is 0.